The molecule has 1 N–H and O–H groups in total. The Morgan fingerprint density at radius 1 is 0.794 bits per heavy atom. The minimum Gasteiger partial charge on any atom is -0.494 e. The van der Waals surface area contributed by atoms with Crippen molar-refractivity contribution < 1.29 is 19.4 Å². The summed E-state index contributed by atoms with van der Waals surface area (Å²) in [7, 11) is 1.62. The Morgan fingerprint density at radius 3 is 1.97 bits per heavy atom. The lowest BCUT2D eigenvalue weighted by Crippen LogP contribution is -1.99. The van der Waals surface area contributed by atoms with E-state index in [1.807, 2.05) is 13.0 Å². The minimum atomic E-state index is -0.906. The lowest BCUT2D eigenvalue weighted by atomic mass is 10.1. The van der Waals surface area contributed by atoms with Gasteiger partial charge in [-0.25, -0.2) is 4.79 Å². The molecule has 3 aromatic rings. The standard InChI is InChI=1S/C20H26O.C10H12O3/c1-2-3-4-5-6-10-17-21-20-15-13-19(14-16-20)18-11-8-7-9-12-18;1-7(13-2)8-3-5-9(6-4-8)10(11)12/h7-9,11-16H,2-6,10,17H2,1H3;3-7H,1-2H3,(H,11,12). The molecule has 3 rings (SSSR count). The molecule has 0 heterocycles. The molecule has 0 fully saturated rings. The lowest BCUT2D eigenvalue weighted by Gasteiger charge is -2.09. The van der Waals surface area contributed by atoms with E-state index in [0.29, 0.717) is 5.56 Å². The number of benzene rings is 3. The van der Waals surface area contributed by atoms with Gasteiger partial charge in [-0.15, -0.1) is 0 Å². The van der Waals surface area contributed by atoms with Crippen LogP contribution in [-0.2, 0) is 4.74 Å². The number of rotatable bonds is 12. The molecule has 0 aliphatic heterocycles. The van der Waals surface area contributed by atoms with E-state index in [-0.39, 0.29) is 6.10 Å². The molecule has 0 radical (unpaired) electrons. The number of ether oxygens (including phenoxy) is 2. The summed E-state index contributed by atoms with van der Waals surface area (Å²) in [6.07, 6.45) is 7.81. The van der Waals surface area contributed by atoms with Crippen molar-refractivity contribution in [1.29, 1.82) is 0 Å². The third kappa shape index (κ3) is 9.80. The van der Waals surface area contributed by atoms with Crippen molar-refractivity contribution >= 4 is 5.97 Å². The van der Waals surface area contributed by atoms with Crippen molar-refractivity contribution in [2.75, 3.05) is 13.7 Å². The molecule has 4 nitrogen and oxygen atoms in total. The minimum absolute atomic E-state index is 0.00263. The average molecular weight is 463 g/mol. The van der Waals surface area contributed by atoms with Gasteiger partial charge in [-0.2, -0.15) is 0 Å². The number of hydrogen-bond acceptors (Lipinski definition) is 3. The van der Waals surface area contributed by atoms with Gasteiger partial charge in [-0.3, -0.25) is 0 Å². The normalized spacial score (nSPS) is 11.3. The molecule has 34 heavy (non-hydrogen) atoms. The summed E-state index contributed by atoms with van der Waals surface area (Å²) >= 11 is 0. The monoisotopic (exact) mass is 462 g/mol. The molecule has 0 amide bonds. The number of carboxylic acids is 1. The maximum Gasteiger partial charge on any atom is 0.335 e. The number of aromatic carboxylic acids is 1. The van der Waals surface area contributed by atoms with E-state index in [1.165, 1.54) is 43.2 Å². The summed E-state index contributed by atoms with van der Waals surface area (Å²) in [6.45, 7) is 4.99. The van der Waals surface area contributed by atoms with Crippen LogP contribution in [0.2, 0.25) is 0 Å². The third-order valence-corrected chi connectivity index (χ3v) is 5.71. The Bertz CT molecular complexity index is 934. The second kappa shape index (κ2) is 15.7. The van der Waals surface area contributed by atoms with Gasteiger partial charge in [0.1, 0.15) is 5.75 Å². The molecule has 0 aliphatic rings. The Morgan fingerprint density at radius 2 is 1.38 bits per heavy atom. The molecular formula is C30H38O4. The van der Waals surface area contributed by atoms with Gasteiger partial charge in [0, 0.05) is 7.11 Å². The summed E-state index contributed by atoms with van der Waals surface area (Å²) in [4.78, 5) is 10.5. The topological polar surface area (TPSA) is 55.8 Å². The first-order chi connectivity index (χ1) is 16.5. The highest BCUT2D eigenvalue weighted by Gasteiger charge is 2.05. The fourth-order valence-corrected chi connectivity index (χ4v) is 3.48. The molecule has 0 aromatic heterocycles. The zero-order valence-electron chi connectivity index (χ0n) is 20.7. The molecule has 0 saturated heterocycles. The Kier molecular flexibility index (Phi) is 12.5. The first-order valence-corrected chi connectivity index (χ1v) is 12.2. The van der Waals surface area contributed by atoms with Crippen LogP contribution in [0.15, 0.2) is 78.9 Å². The fourth-order valence-electron chi connectivity index (χ4n) is 3.48. The quantitative estimate of drug-likeness (QED) is 0.276. The predicted octanol–water partition coefficient (Wildman–Crippen LogP) is 8.19. The van der Waals surface area contributed by atoms with Crippen LogP contribution in [0.4, 0.5) is 0 Å². The molecule has 1 atom stereocenters. The van der Waals surface area contributed by atoms with Crippen molar-refractivity contribution in [3.63, 3.8) is 0 Å². The van der Waals surface area contributed by atoms with Gasteiger partial charge in [-0.1, -0.05) is 93.6 Å². The van der Waals surface area contributed by atoms with E-state index in [9.17, 15) is 4.79 Å². The van der Waals surface area contributed by atoms with E-state index < -0.39 is 5.97 Å². The Hall–Kier alpha value is -3.11. The maximum absolute atomic E-state index is 10.5. The second-order valence-electron chi connectivity index (χ2n) is 8.31. The van der Waals surface area contributed by atoms with Crippen LogP contribution in [0.25, 0.3) is 11.1 Å². The highest BCUT2D eigenvalue weighted by atomic mass is 16.5. The van der Waals surface area contributed by atoms with Crippen LogP contribution in [0, 0.1) is 0 Å². The van der Waals surface area contributed by atoms with Gasteiger partial charge < -0.3 is 14.6 Å². The largest absolute Gasteiger partial charge is 0.494 e. The molecule has 0 saturated carbocycles. The summed E-state index contributed by atoms with van der Waals surface area (Å²) < 4.78 is 10.9. The van der Waals surface area contributed by atoms with Crippen molar-refractivity contribution in [2.24, 2.45) is 0 Å². The summed E-state index contributed by atoms with van der Waals surface area (Å²) in [5, 5.41) is 8.64. The van der Waals surface area contributed by atoms with Crippen LogP contribution in [0.3, 0.4) is 0 Å². The third-order valence-electron chi connectivity index (χ3n) is 5.71. The van der Waals surface area contributed by atoms with Gasteiger partial charge >= 0.3 is 5.97 Å². The SMILES string of the molecule is CCCCCCCCOc1ccc(-c2ccccc2)cc1.COC(C)c1ccc(C(=O)O)cc1. The van der Waals surface area contributed by atoms with E-state index in [2.05, 4.69) is 55.5 Å². The van der Waals surface area contributed by atoms with Crippen molar-refractivity contribution in [3.05, 3.63) is 90.0 Å². The smallest absolute Gasteiger partial charge is 0.335 e. The number of carbonyl (C=O) groups is 1. The van der Waals surface area contributed by atoms with Gasteiger partial charge in [0.25, 0.3) is 0 Å². The zero-order chi connectivity index (χ0) is 24.6. The Balaban J connectivity index is 0.000000270. The van der Waals surface area contributed by atoms with Crippen LogP contribution in [0.5, 0.6) is 5.75 Å². The van der Waals surface area contributed by atoms with Gasteiger partial charge in [0.05, 0.1) is 18.3 Å². The van der Waals surface area contributed by atoms with Crippen molar-refractivity contribution in [3.8, 4) is 16.9 Å². The summed E-state index contributed by atoms with van der Waals surface area (Å²) in [5.41, 5.74) is 3.77. The summed E-state index contributed by atoms with van der Waals surface area (Å²) in [5.74, 6) is 0.0693. The zero-order valence-corrected chi connectivity index (χ0v) is 20.7. The number of carboxylic acid groups (broad SMARTS) is 1. The van der Waals surface area contributed by atoms with E-state index >= 15 is 0 Å². The molecule has 3 aromatic carbocycles. The van der Waals surface area contributed by atoms with E-state index in [1.54, 1.807) is 31.4 Å². The first-order valence-electron chi connectivity index (χ1n) is 12.2. The van der Waals surface area contributed by atoms with Crippen molar-refractivity contribution in [2.45, 2.75) is 58.5 Å². The second-order valence-corrected chi connectivity index (χ2v) is 8.31. The lowest BCUT2D eigenvalue weighted by molar-refractivity contribution is 0.0696. The molecule has 182 valence electrons. The predicted molar refractivity (Wildman–Crippen MR) is 140 cm³/mol. The molecule has 0 aliphatic carbocycles. The first kappa shape index (κ1) is 27.1. The van der Waals surface area contributed by atoms with Crippen molar-refractivity contribution in [1.82, 2.24) is 0 Å². The van der Waals surface area contributed by atoms with Crippen LogP contribution in [0.1, 0.15) is 74.4 Å². The van der Waals surface area contributed by atoms with E-state index in [4.69, 9.17) is 14.6 Å². The summed E-state index contributed by atoms with van der Waals surface area (Å²) in [6, 6.07) is 25.5. The molecular weight excluding hydrogens is 424 g/mol. The molecule has 1 unspecified atom stereocenters. The number of methoxy groups -OCH3 is 1. The molecule has 4 heteroatoms. The van der Waals surface area contributed by atoms with E-state index in [0.717, 1.165) is 24.3 Å². The number of unbranched alkanes of at least 4 members (excludes halogenated alkanes) is 5. The molecule has 0 spiro atoms. The van der Waals surface area contributed by atoms with Gasteiger partial charge in [-0.05, 0) is 54.3 Å². The molecule has 0 bridgehead atoms. The average Bonchev–Trinajstić information content (AvgIpc) is 2.89. The Labute approximate surface area is 204 Å². The number of hydrogen-bond donors (Lipinski definition) is 1. The fraction of sp³-hybridized carbons (Fsp3) is 0.367. The maximum atomic E-state index is 10.5. The van der Waals surface area contributed by atoms with Crippen LogP contribution in [-0.4, -0.2) is 24.8 Å². The van der Waals surface area contributed by atoms with Crippen LogP contribution >= 0.6 is 0 Å². The highest BCUT2D eigenvalue weighted by molar-refractivity contribution is 5.87. The van der Waals surface area contributed by atoms with Crippen LogP contribution < -0.4 is 4.74 Å². The van der Waals surface area contributed by atoms with Gasteiger partial charge in [0.2, 0.25) is 0 Å². The van der Waals surface area contributed by atoms with Gasteiger partial charge in [0.15, 0.2) is 0 Å². The highest BCUT2D eigenvalue weighted by Crippen LogP contribution is 2.22.